The molecular weight excluding hydrogens is 186 g/mol. The second kappa shape index (κ2) is 2.96. The number of aromatic nitrogens is 1. The van der Waals surface area contributed by atoms with Crippen LogP contribution in [0.25, 0.3) is 5.70 Å². The maximum atomic E-state index is 8.80. The summed E-state index contributed by atoms with van der Waals surface area (Å²) >= 11 is 0. The van der Waals surface area contributed by atoms with Crippen LogP contribution < -0.4 is 5.32 Å². The Morgan fingerprint density at radius 2 is 2.27 bits per heavy atom. The first-order chi connectivity index (χ1) is 7.38. The van der Waals surface area contributed by atoms with Crippen LogP contribution in [0.1, 0.15) is 5.69 Å². The van der Waals surface area contributed by atoms with E-state index in [1.165, 1.54) is 0 Å². The average molecular weight is 195 g/mol. The maximum absolute atomic E-state index is 8.80. The van der Waals surface area contributed by atoms with Crippen molar-refractivity contribution in [3.63, 3.8) is 0 Å². The van der Waals surface area contributed by atoms with Crippen LogP contribution in [0, 0.1) is 17.2 Å². The van der Waals surface area contributed by atoms with Crippen LogP contribution in [0.4, 0.5) is 0 Å². The van der Waals surface area contributed by atoms with E-state index in [1.807, 2.05) is 24.3 Å². The fourth-order valence-electron chi connectivity index (χ4n) is 2.01. The molecular formula is C12H9N3. The largest absolute Gasteiger partial charge is 0.376 e. The Kier molecular flexibility index (Phi) is 1.63. The maximum Gasteiger partial charge on any atom is 0.0951 e. The first-order valence-corrected chi connectivity index (χ1v) is 4.90. The van der Waals surface area contributed by atoms with Crippen molar-refractivity contribution < 1.29 is 0 Å². The highest BCUT2D eigenvalue weighted by Gasteiger charge is 2.36. The summed E-state index contributed by atoms with van der Waals surface area (Å²) < 4.78 is 0. The molecule has 0 bridgehead atoms. The standard InChI is InChI=1S/C12H9N3/c13-7-8-5-11-9(8)6-12(15-11)10-3-1-2-4-14-10/h1-6,9,11,15H/t9-,11?/m0/s1. The van der Waals surface area contributed by atoms with E-state index in [4.69, 9.17) is 5.26 Å². The number of hydrogen-bond donors (Lipinski definition) is 1. The highest BCUT2D eigenvalue weighted by molar-refractivity contribution is 5.68. The van der Waals surface area contributed by atoms with Crippen molar-refractivity contribution in [1.82, 2.24) is 10.3 Å². The predicted octanol–water partition coefficient (Wildman–Crippen LogP) is 1.47. The second-order valence-electron chi connectivity index (χ2n) is 3.73. The van der Waals surface area contributed by atoms with Crippen molar-refractivity contribution >= 4 is 5.70 Å². The topological polar surface area (TPSA) is 48.7 Å². The third kappa shape index (κ3) is 1.15. The summed E-state index contributed by atoms with van der Waals surface area (Å²) in [7, 11) is 0. The molecule has 2 heterocycles. The average Bonchev–Trinajstić information content (AvgIpc) is 2.59. The number of rotatable bonds is 1. The molecule has 1 aromatic rings. The molecule has 1 N–H and O–H groups in total. The summed E-state index contributed by atoms with van der Waals surface area (Å²) in [6.07, 6.45) is 5.83. The van der Waals surface area contributed by atoms with Crippen LogP contribution >= 0.6 is 0 Å². The van der Waals surface area contributed by atoms with E-state index in [-0.39, 0.29) is 5.92 Å². The third-order valence-electron chi connectivity index (χ3n) is 2.84. The minimum atomic E-state index is 0.256. The molecule has 3 nitrogen and oxygen atoms in total. The Morgan fingerprint density at radius 1 is 1.33 bits per heavy atom. The number of fused-ring (bicyclic) bond motifs is 1. The van der Waals surface area contributed by atoms with Gasteiger partial charge in [0.15, 0.2) is 0 Å². The first-order valence-electron chi connectivity index (χ1n) is 4.90. The monoisotopic (exact) mass is 195 g/mol. The van der Waals surface area contributed by atoms with Crippen LogP contribution in [0.2, 0.25) is 0 Å². The van der Waals surface area contributed by atoms with E-state index in [1.54, 1.807) is 6.20 Å². The van der Waals surface area contributed by atoms with E-state index < -0.39 is 0 Å². The molecule has 72 valence electrons. The molecule has 2 aliphatic rings. The van der Waals surface area contributed by atoms with Crippen molar-refractivity contribution in [3.8, 4) is 6.07 Å². The van der Waals surface area contributed by atoms with Crippen molar-refractivity contribution in [3.05, 3.63) is 47.8 Å². The van der Waals surface area contributed by atoms with Gasteiger partial charge >= 0.3 is 0 Å². The highest BCUT2D eigenvalue weighted by atomic mass is 15.0. The predicted molar refractivity (Wildman–Crippen MR) is 56.3 cm³/mol. The molecule has 0 fully saturated rings. The number of hydrogen-bond acceptors (Lipinski definition) is 3. The van der Waals surface area contributed by atoms with Gasteiger partial charge in [0.25, 0.3) is 0 Å². The molecule has 3 rings (SSSR count). The Balaban J connectivity index is 1.90. The fraction of sp³-hybridized carbons (Fsp3) is 0.167. The molecule has 0 aromatic carbocycles. The van der Waals surface area contributed by atoms with Crippen molar-refractivity contribution in [2.24, 2.45) is 5.92 Å². The van der Waals surface area contributed by atoms with Crippen molar-refractivity contribution in [2.75, 3.05) is 0 Å². The smallest absolute Gasteiger partial charge is 0.0951 e. The molecule has 1 aromatic heterocycles. The molecule has 0 radical (unpaired) electrons. The van der Waals surface area contributed by atoms with Crippen LogP contribution in [0.15, 0.2) is 42.1 Å². The Hall–Kier alpha value is -2.08. The SMILES string of the molecule is N#CC1=CC2NC(c3ccccn3)=C[C@@H]12. The van der Waals surface area contributed by atoms with E-state index in [0.717, 1.165) is 17.0 Å². The lowest BCUT2D eigenvalue weighted by atomic mass is 9.82. The van der Waals surface area contributed by atoms with E-state index >= 15 is 0 Å². The lowest BCUT2D eigenvalue weighted by molar-refractivity contribution is 0.581. The number of pyridine rings is 1. The molecule has 15 heavy (non-hydrogen) atoms. The molecule has 0 saturated carbocycles. The van der Waals surface area contributed by atoms with E-state index in [9.17, 15) is 0 Å². The van der Waals surface area contributed by atoms with Gasteiger partial charge in [0.2, 0.25) is 0 Å². The number of nitriles is 1. The van der Waals surface area contributed by atoms with Gasteiger partial charge in [-0.2, -0.15) is 5.26 Å². The normalized spacial score (nSPS) is 26.6. The van der Waals surface area contributed by atoms with Crippen LogP contribution in [-0.4, -0.2) is 11.0 Å². The summed E-state index contributed by atoms with van der Waals surface area (Å²) in [6.45, 7) is 0. The minimum absolute atomic E-state index is 0.256. The van der Waals surface area contributed by atoms with Gasteiger partial charge in [-0.05, 0) is 24.3 Å². The summed E-state index contributed by atoms with van der Waals surface area (Å²) in [5, 5.41) is 12.1. The zero-order valence-electron chi connectivity index (χ0n) is 8.01. The summed E-state index contributed by atoms with van der Waals surface area (Å²) in [5.41, 5.74) is 2.84. The lowest BCUT2D eigenvalue weighted by Crippen LogP contribution is -2.34. The molecule has 0 saturated heterocycles. The van der Waals surface area contributed by atoms with Gasteiger partial charge in [0.05, 0.1) is 23.5 Å². The van der Waals surface area contributed by atoms with Gasteiger partial charge in [0, 0.05) is 17.7 Å². The first kappa shape index (κ1) is 8.25. The molecule has 1 aliphatic carbocycles. The van der Waals surface area contributed by atoms with Crippen molar-refractivity contribution in [1.29, 1.82) is 5.26 Å². The van der Waals surface area contributed by atoms with Crippen molar-refractivity contribution in [2.45, 2.75) is 6.04 Å². The zero-order chi connectivity index (χ0) is 10.3. The minimum Gasteiger partial charge on any atom is -0.376 e. The highest BCUT2D eigenvalue weighted by Crippen LogP contribution is 2.36. The van der Waals surface area contributed by atoms with Gasteiger partial charge in [0.1, 0.15) is 0 Å². The van der Waals surface area contributed by atoms with Gasteiger partial charge in [-0.3, -0.25) is 4.98 Å². The second-order valence-corrected chi connectivity index (χ2v) is 3.73. The molecule has 1 aliphatic heterocycles. The number of nitrogens with one attached hydrogen (secondary N) is 1. The van der Waals surface area contributed by atoms with Gasteiger partial charge < -0.3 is 5.32 Å². The van der Waals surface area contributed by atoms with E-state index in [0.29, 0.717) is 6.04 Å². The Labute approximate surface area is 87.8 Å². The fourth-order valence-corrected chi connectivity index (χ4v) is 2.01. The van der Waals surface area contributed by atoms with Gasteiger partial charge in [-0.25, -0.2) is 0 Å². The molecule has 0 spiro atoms. The van der Waals surface area contributed by atoms with Gasteiger partial charge in [-0.15, -0.1) is 0 Å². The quantitative estimate of drug-likeness (QED) is 0.738. The Bertz CT molecular complexity index is 493. The van der Waals surface area contributed by atoms with Crippen LogP contribution in [-0.2, 0) is 0 Å². The van der Waals surface area contributed by atoms with Gasteiger partial charge in [-0.1, -0.05) is 6.07 Å². The Morgan fingerprint density at radius 3 is 3.00 bits per heavy atom. The number of nitrogens with zero attached hydrogens (tertiary/aromatic N) is 2. The van der Waals surface area contributed by atoms with E-state index in [2.05, 4.69) is 22.4 Å². The molecule has 0 amide bonds. The third-order valence-corrected chi connectivity index (χ3v) is 2.84. The summed E-state index contributed by atoms with van der Waals surface area (Å²) in [6, 6.07) is 8.33. The molecule has 2 atom stereocenters. The zero-order valence-corrected chi connectivity index (χ0v) is 8.01. The molecule has 1 unspecified atom stereocenters. The van der Waals surface area contributed by atoms with Crippen LogP contribution in [0.5, 0.6) is 0 Å². The summed E-state index contributed by atoms with van der Waals surface area (Å²) in [5.74, 6) is 0.256. The molecule has 3 heteroatoms. The summed E-state index contributed by atoms with van der Waals surface area (Å²) in [4.78, 5) is 4.27. The van der Waals surface area contributed by atoms with Crippen LogP contribution in [0.3, 0.4) is 0 Å². The lowest BCUT2D eigenvalue weighted by Gasteiger charge is -2.25.